The van der Waals surface area contributed by atoms with Gasteiger partial charge in [0.05, 0.1) is 0 Å². The summed E-state index contributed by atoms with van der Waals surface area (Å²) in [5.74, 6) is -0.173. The Morgan fingerprint density at radius 1 is 1.50 bits per heavy atom. The van der Waals surface area contributed by atoms with Gasteiger partial charge < -0.3 is 16.0 Å². The van der Waals surface area contributed by atoms with Crippen LogP contribution in [0.15, 0.2) is 0 Å². The second kappa shape index (κ2) is 4.34. The normalized spacial score (nSPS) is 35.3. The lowest BCUT2D eigenvalue weighted by Gasteiger charge is -2.43. The minimum atomic E-state index is -0.459. The van der Waals surface area contributed by atoms with Crippen molar-refractivity contribution in [3.05, 3.63) is 0 Å². The van der Waals surface area contributed by atoms with Crippen LogP contribution in [0.5, 0.6) is 0 Å². The van der Waals surface area contributed by atoms with Gasteiger partial charge in [-0.05, 0) is 46.1 Å². The van der Waals surface area contributed by atoms with Crippen molar-refractivity contribution in [3.63, 3.8) is 0 Å². The van der Waals surface area contributed by atoms with Gasteiger partial charge in [-0.15, -0.1) is 0 Å². The second-order valence-corrected chi connectivity index (χ2v) is 5.53. The molecule has 0 aromatic rings. The summed E-state index contributed by atoms with van der Waals surface area (Å²) in [5.41, 5.74) is 5.15. The lowest BCUT2D eigenvalue weighted by atomic mass is 9.82. The first-order valence-electron chi connectivity index (χ1n) is 6.35. The maximum atomic E-state index is 11.7. The number of hydrogen-bond acceptors (Lipinski definition) is 3. The Balaban J connectivity index is 2.11. The molecule has 0 saturated carbocycles. The Morgan fingerprint density at radius 2 is 2.25 bits per heavy atom. The van der Waals surface area contributed by atoms with Crippen molar-refractivity contribution in [1.29, 1.82) is 0 Å². The van der Waals surface area contributed by atoms with Gasteiger partial charge in [0.1, 0.15) is 5.54 Å². The number of nitrogens with zero attached hydrogens (tertiary/aromatic N) is 1. The van der Waals surface area contributed by atoms with Gasteiger partial charge in [0.15, 0.2) is 0 Å². The summed E-state index contributed by atoms with van der Waals surface area (Å²) < 4.78 is 0. The highest BCUT2D eigenvalue weighted by molar-refractivity contribution is 5.85. The SMILES string of the molecule is CC(C)NC1(C(N)=O)CCN2CCCC2C1. The fraction of sp³-hybridized carbons (Fsp3) is 0.917. The highest BCUT2D eigenvalue weighted by atomic mass is 16.1. The quantitative estimate of drug-likeness (QED) is 0.734. The van der Waals surface area contributed by atoms with Crippen LogP contribution in [-0.2, 0) is 4.79 Å². The number of carbonyl (C=O) groups excluding carboxylic acids is 1. The molecule has 2 fully saturated rings. The number of hydrogen-bond donors (Lipinski definition) is 2. The lowest BCUT2D eigenvalue weighted by molar-refractivity contribution is -0.127. The molecule has 16 heavy (non-hydrogen) atoms. The van der Waals surface area contributed by atoms with Gasteiger partial charge in [0.2, 0.25) is 5.91 Å². The molecule has 92 valence electrons. The number of fused-ring (bicyclic) bond motifs is 1. The molecule has 4 nitrogen and oxygen atoms in total. The second-order valence-electron chi connectivity index (χ2n) is 5.53. The minimum absolute atomic E-state index is 0.173. The molecule has 2 unspecified atom stereocenters. The van der Waals surface area contributed by atoms with Gasteiger partial charge in [-0.3, -0.25) is 4.79 Å². The van der Waals surface area contributed by atoms with Gasteiger partial charge >= 0.3 is 0 Å². The van der Waals surface area contributed by atoms with Crippen LogP contribution >= 0.6 is 0 Å². The van der Waals surface area contributed by atoms with Crippen molar-refractivity contribution < 1.29 is 4.79 Å². The molecule has 0 aliphatic carbocycles. The average molecular weight is 225 g/mol. The molecule has 0 aromatic heterocycles. The van der Waals surface area contributed by atoms with Crippen molar-refractivity contribution in [1.82, 2.24) is 10.2 Å². The van der Waals surface area contributed by atoms with E-state index in [1.165, 1.54) is 19.4 Å². The molecule has 2 aliphatic rings. The van der Waals surface area contributed by atoms with E-state index in [-0.39, 0.29) is 5.91 Å². The van der Waals surface area contributed by atoms with Gasteiger partial charge in [-0.2, -0.15) is 0 Å². The maximum Gasteiger partial charge on any atom is 0.237 e. The Labute approximate surface area is 97.6 Å². The summed E-state index contributed by atoms with van der Waals surface area (Å²) in [4.78, 5) is 14.2. The van der Waals surface area contributed by atoms with Gasteiger partial charge in [-0.1, -0.05) is 0 Å². The van der Waals surface area contributed by atoms with Crippen molar-refractivity contribution in [2.75, 3.05) is 13.1 Å². The van der Waals surface area contributed by atoms with E-state index in [1.54, 1.807) is 0 Å². The Bertz CT molecular complexity index is 279. The van der Waals surface area contributed by atoms with Crippen molar-refractivity contribution >= 4 is 5.91 Å². The number of rotatable bonds is 3. The van der Waals surface area contributed by atoms with E-state index in [9.17, 15) is 4.79 Å². The molecule has 4 heteroatoms. The van der Waals surface area contributed by atoms with Crippen LogP contribution in [0.25, 0.3) is 0 Å². The smallest absolute Gasteiger partial charge is 0.237 e. The molecule has 2 aliphatic heterocycles. The summed E-state index contributed by atoms with van der Waals surface area (Å²) in [6, 6.07) is 0.868. The molecule has 0 aromatic carbocycles. The Morgan fingerprint density at radius 3 is 2.88 bits per heavy atom. The Hall–Kier alpha value is -0.610. The van der Waals surface area contributed by atoms with Crippen LogP contribution in [0.3, 0.4) is 0 Å². The lowest BCUT2D eigenvalue weighted by Crippen LogP contribution is -2.63. The van der Waals surface area contributed by atoms with E-state index in [0.29, 0.717) is 12.1 Å². The van der Waals surface area contributed by atoms with E-state index in [4.69, 9.17) is 5.73 Å². The molecule has 2 saturated heterocycles. The van der Waals surface area contributed by atoms with Gasteiger partial charge in [0, 0.05) is 18.6 Å². The van der Waals surface area contributed by atoms with E-state index < -0.39 is 5.54 Å². The largest absolute Gasteiger partial charge is 0.368 e. The van der Waals surface area contributed by atoms with E-state index >= 15 is 0 Å². The predicted molar refractivity (Wildman–Crippen MR) is 64.0 cm³/mol. The zero-order chi connectivity index (χ0) is 11.8. The standard InChI is InChI=1S/C12H23N3O/c1-9(2)14-12(11(13)16)5-7-15-6-3-4-10(15)8-12/h9-10,14H,3-8H2,1-2H3,(H2,13,16). The molecule has 0 radical (unpaired) electrons. The summed E-state index contributed by atoms with van der Waals surface area (Å²) in [6.45, 7) is 6.35. The number of nitrogens with two attached hydrogens (primary N) is 1. The highest BCUT2D eigenvalue weighted by Crippen LogP contribution is 2.33. The zero-order valence-corrected chi connectivity index (χ0v) is 10.3. The number of amides is 1. The van der Waals surface area contributed by atoms with E-state index in [2.05, 4.69) is 24.1 Å². The number of primary amides is 1. The molecule has 2 atom stereocenters. The van der Waals surface area contributed by atoms with Crippen molar-refractivity contribution in [2.24, 2.45) is 5.73 Å². The number of carbonyl (C=O) groups is 1. The molecule has 0 spiro atoms. The predicted octanol–water partition coefficient (Wildman–Crippen LogP) is 0.467. The first kappa shape index (κ1) is 11.9. The van der Waals surface area contributed by atoms with E-state index in [1.807, 2.05) is 0 Å². The van der Waals surface area contributed by atoms with Crippen LogP contribution in [0.4, 0.5) is 0 Å². The van der Waals surface area contributed by atoms with E-state index in [0.717, 1.165) is 19.4 Å². The van der Waals surface area contributed by atoms with Crippen molar-refractivity contribution in [2.45, 2.75) is 57.2 Å². The van der Waals surface area contributed by atoms with Gasteiger partial charge in [0.25, 0.3) is 0 Å². The van der Waals surface area contributed by atoms with Crippen LogP contribution < -0.4 is 11.1 Å². The molecular formula is C12H23N3O. The summed E-state index contributed by atoms with van der Waals surface area (Å²) in [6.07, 6.45) is 4.23. The fourth-order valence-corrected chi connectivity index (χ4v) is 3.24. The molecule has 1 amide bonds. The fourth-order valence-electron chi connectivity index (χ4n) is 3.24. The average Bonchev–Trinajstić information content (AvgIpc) is 2.63. The minimum Gasteiger partial charge on any atom is -0.368 e. The first-order valence-corrected chi connectivity index (χ1v) is 6.35. The first-order chi connectivity index (χ1) is 7.53. The third kappa shape index (κ3) is 2.09. The van der Waals surface area contributed by atoms with Crippen LogP contribution in [0.2, 0.25) is 0 Å². The molecule has 0 bridgehead atoms. The highest BCUT2D eigenvalue weighted by Gasteiger charge is 2.45. The molecule has 2 rings (SSSR count). The third-order valence-corrected chi connectivity index (χ3v) is 3.95. The Kier molecular flexibility index (Phi) is 3.22. The van der Waals surface area contributed by atoms with Crippen molar-refractivity contribution in [3.8, 4) is 0 Å². The summed E-state index contributed by atoms with van der Waals surface area (Å²) in [7, 11) is 0. The molecule has 3 N–H and O–H groups in total. The number of nitrogens with one attached hydrogen (secondary N) is 1. The monoisotopic (exact) mass is 225 g/mol. The zero-order valence-electron chi connectivity index (χ0n) is 10.3. The maximum absolute atomic E-state index is 11.7. The molecule has 2 heterocycles. The van der Waals surface area contributed by atoms with Crippen LogP contribution in [0, 0.1) is 0 Å². The third-order valence-electron chi connectivity index (χ3n) is 3.95. The van der Waals surface area contributed by atoms with Crippen LogP contribution in [-0.4, -0.2) is 41.5 Å². The molecular weight excluding hydrogens is 202 g/mol. The van der Waals surface area contributed by atoms with Gasteiger partial charge in [-0.25, -0.2) is 0 Å². The summed E-state index contributed by atoms with van der Waals surface area (Å²) in [5, 5.41) is 3.41. The summed E-state index contributed by atoms with van der Waals surface area (Å²) >= 11 is 0. The topological polar surface area (TPSA) is 58.4 Å². The number of piperidine rings is 1. The van der Waals surface area contributed by atoms with Crippen LogP contribution in [0.1, 0.15) is 39.5 Å².